The van der Waals surface area contributed by atoms with Gasteiger partial charge in [0.25, 0.3) is 0 Å². The third-order valence-corrected chi connectivity index (χ3v) is 3.13. The van der Waals surface area contributed by atoms with Crippen LogP contribution in [-0.2, 0) is 9.53 Å². The van der Waals surface area contributed by atoms with E-state index in [1.165, 1.54) is 12.1 Å². The molecule has 0 saturated carbocycles. The molecule has 3 N–H and O–H groups in total. The Kier molecular flexibility index (Phi) is 4.53. The highest BCUT2D eigenvalue weighted by Crippen LogP contribution is 2.29. The van der Waals surface area contributed by atoms with Crippen molar-refractivity contribution in [3.63, 3.8) is 0 Å². The Bertz CT molecular complexity index is 550. The van der Waals surface area contributed by atoms with E-state index in [1.54, 1.807) is 11.8 Å². The molecule has 1 aromatic rings. The standard InChI is InChI=1S/C12H17N5O4/c1-2-14-12(18)9-7-21-6-5-16(9)11-8(17(19)20)3-4-10(13)15-11/h3-4,9H,2,5-7H2,1H3,(H2,13,15)(H,14,18). The zero-order chi connectivity index (χ0) is 15.4. The summed E-state index contributed by atoms with van der Waals surface area (Å²) in [5, 5.41) is 13.8. The first-order valence-electron chi connectivity index (χ1n) is 6.57. The number of likely N-dealkylation sites (N-methyl/N-ethyl adjacent to an activating group) is 1. The number of anilines is 2. The van der Waals surface area contributed by atoms with Crippen molar-refractivity contribution in [2.75, 3.05) is 36.9 Å². The van der Waals surface area contributed by atoms with E-state index in [0.717, 1.165) is 0 Å². The van der Waals surface area contributed by atoms with Crippen LogP contribution in [0.4, 0.5) is 17.3 Å². The molecule has 9 heteroatoms. The summed E-state index contributed by atoms with van der Waals surface area (Å²) >= 11 is 0. The van der Waals surface area contributed by atoms with Crippen molar-refractivity contribution in [3.8, 4) is 0 Å². The summed E-state index contributed by atoms with van der Waals surface area (Å²) < 4.78 is 5.30. The van der Waals surface area contributed by atoms with Crippen molar-refractivity contribution in [3.05, 3.63) is 22.2 Å². The third kappa shape index (κ3) is 3.19. The van der Waals surface area contributed by atoms with Gasteiger partial charge in [0, 0.05) is 19.2 Å². The zero-order valence-electron chi connectivity index (χ0n) is 11.6. The highest BCUT2D eigenvalue weighted by atomic mass is 16.6. The summed E-state index contributed by atoms with van der Waals surface area (Å²) in [5.74, 6) is 0.00650. The molecule has 1 aromatic heterocycles. The molecule has 0 spiro atoms. The first kappa shape index (κ1) is 15.0. The number of morpholine rings is 1. The van der Waals surface area contributed by atoms with Gasteiger partial charge < -0.3 is 20.7 Å². The Balaban J connectivity index is 2.39. The Morgan fingerprint density at radius 2 is 2.43 bits per heavy atom. The van der Waals surface area contributed by atoms with Crippen molar-refractivity contribution >= 4 is 23.2 Å². The van der Waals surface area contributed by atoms with Crippen LogP contribution in [0.2, 0.25) is 0 Å². The monoisotopic (exact) mass is 295 g/mol. The number of carbonyl (C=O) groups is 1. The maximum Gasteiger partial charge on any atom is 0.311 e. The molecule has 0 aromatic carbocycles. The van der Waals surface area contributed by atoms with E-state index in [1.807, 2.05) is 0 Å². The molecule has 1 amide bonds. The second kappa shape index (κ2) is 6.35. The largest absolute Gasteiger partial charge is 0.384 e. The average molecular weight is 295 g/mol. The minimum absolute atomic E-state index is 0.0968. The maximum atomic E-state index is 12.1. The number of hydrogen-bond donors (Lipinski definition) is 2. The maximum absolute atomic E-state index is 12.1. The van der Waals surface area contributed by atoms with Crippen LogP contribution in [0.1, 0.15) is 6.92 Å². The first-order chi connectivity index (χ1) is 10.0. The van der Waals surface area contributed by atoms with E-state index in [9.17, 15) is 14.9 Å². The lowest BCUT2D eigenvalue weighted by Crippen LogP contribution is -2.54. The molecule has 0 radical (unpaired) electrons. The van der Waals surface area contributed by atoms with Gasteiger partial charge in [-0.3, -0.25) is 14.9 Å². The van der Waals surface area contributed by atoms with Gasteiger partial charge in [-0.15, -0.1) is 0 Å². The van der Waals surface area contributed by atoms with Gasteiger partial charge in [-0.2, -0.15) is 0 Å². The topological polar surface area (TPSA) is 124 Å². The number of pyridine rings is 1. The SMILES string of the molecule is CCNC(=O)C1COCCN1c1nc(N)ccc1[N+](=O)[O-]. The zero-order valence-corrected chi connectivity index (χ0v) is 11.6. The fraction of sp³-hybridized carbons (Fsp3) is 0.500. The normalized spacial score (nSPS) is 18.3. The molecule has 114 valence electrons. The number of nitrogens with one attached hydrogen (secondary N) is 1. The summed E-state index contributed by atoms with van der Waals surface area (Å²) in [5.41, 5.74) is 5.44. The number of nitro groups is 1. The number of amides is 1. The summed E-state index contributed by atoms with van der Waals surface area (Å²) in [6.07, 6.45) is 0. The Morgan fingerprint density at radius 3 is 3.10 bits per heavy atom. The molecule has 1 fully saturated rings. The van der Waals surface area contributed by atoms with Gasteiger partial charge in [0.15, 0.2) is 0 Å². The minimum atomic E-state index is -0.660. The summed E-state index contributed by atoms with van der Waals surface area (Å²) in [6, 6.07) is 2.00. The fourth-order valence-corrected chi connectivity index (χ4v) is 2.18. The van der Waals surface area contributed by atoms with Crippen molar-refractivity contribution < 1.29 is 14.5 Å². The van der Waals surface area contributed by atoms with E-state index in [4.69, 9.17) is 10.5 Å². The predicted molar refractivity (Wildman–Crippen MR) is 75.9 cm³/mol. The van der Waals surface area contributed by atoms with Crippen LogP contribution in [0, 0.1) is 10.1 Å². The molecule has 9 nitrogen and oxygen atoms in total. The summed E-state index contributed by atoms with van der Waals surface area (Å²) in [7, 11) is 0. The molecule has 1 atom stereocenters. The van der Waals surface area contributed by atoms with Crippen LogP contribution in [0.3, 0.4) is 0 Å². The molecule has 1 aliphatic heterocycles. The first-order valence-corrected chi connectivity index (χ1v) is 6.57. The highest BCUT2D eigenvalue weighted by Gasteiger charge is 2.34. The van der Waals surface area contributed by atoms with E-state index >= 15 is 0 Å². The van der Waals surface area contributed by atoms with Crippen LogP contribution >= 0.6 is 0 Å². The second-order valence-electron chi connectivity index (χ2n) is 4.51. The number of nitrogens with two attached hydrogens (primary N) is 1. The highest BCUT2D eigenvalue weighted by molar-refractivity contribution is 5.86. The third-order valence-electron chi connectivity index (χ3n) is 3.13. The van der Waals surface area contributed by atoms with Gasteiger partial charge in [0.1, 0.15) is 11.9 Å². The molecular formula is C12H17N5O4. The summed E-state index contributed by atoms with van der Waals surface area (Å²) in [4.78, 5) is 28.3. The van der Waals surface area contributed by atoms with Crippen LogP contribution < -0.4 is 16.0 Å². The van der Waals surface area contributed by atoms with Gasteiger partial charge in [-0.25, -0.2) is 4.98 Å². The van der Waals surface area contributed by atoms with Crippen LogP contribution in [0.25, 0.3) is 0 Å². The number of hydrogen-bond acceptors (Lipinski definition) is 7. The minimum Gasteiger partial charge on any atom is -0.384 e. The Labute approximate surface area is 121 Å². The van der Waals surface area contributed by atoms with Gasteiger partial charge >= 0.3 is 5.69 Å². The summed E-state index contributed by atoms with van der Waals surface area (Å²) in [6.45, 7) is 3.12. The average Bonchev–Trinajstić information content (AvgIpc) is 2.47. The fourth-order valence-electron chi connectivity index (χ4n) is 2.18. The Morgan fingerprint density at radius 1 is 1.67 bits per heavy atom. The Hall–Kier alpha value is -2.42. The molecule has 1 saturated heterocycles. The van der Waals surface area contributed by atoms with Crippen LogP contribution in [0.5, 0.6) is 0 Å². The van der Waals surface area contributed by atoms with Gasteiger partial charge in [-0.05, 0) is 13.0 Å². The van der Waals surface area contributed by atoms with Gasteiger partial charge in [-0.1, -0.05) is 0 Å². The number of rotatable bonds is 4. The van der Waals surface area contributed by atoms with Crippen molar-refractivity contribution in [1.82, 2.24) is 10.3 Å². The van der Waals surface area contributed by atoms with Crippen LogP contribution in [0.15, 0.2) is 12.1 Å². The molecule has 2 rings (SSSR count). The number of nitrogen functional groups attached to an aromatic ring is 1. The second-order valence-corrected chi connectivity index (χ2v) is 4.51. The molecule has 1 aliphatic rings. The quantitative estimate of drug-likeness (QED) is 0.587. The molecule has 0 aliphatic carbocycles. The van der Waals surface area contributed by atoms with Gasteiger partial charge in [0.2, 0.25) is 11.7 Å². The lowest BCUT2D eigenvalue weighted by atomic mass is 10.2. The molecule has 0 bridgehead atoms. The van der Waals surface area contributed by atoms with Gasteiger partial charge in [0.05, 0.1) is 18.1 Å². The molecule has 1 unspecified atom stereocenters. The van der Waals surface area contributed by atoms with Crippen molar-refractivity contribution in [2.45, 2.75) is 13.0 Å². The van der Waals surface area contributed by atoms with E-state index in [2.05, 4.69) is 10.3 Å². The number of aromatic nitrogens is 1. The van der Waals surface area contributed by atoms with Crippen molar-refractivity contribution in [1.29, 1.82) is 0 Å². The number of carbonyl (C=O) groups excluding carboxylic acids is 1. The van der Waals surface area contributed by atoms with E-state index in [0.29, 0.717) is 19.7 Å². The van der Waals surface area contributed by atoms with Crippen LogP contribution in [-0.4, -0.2) is 48.2 Å². The number of nitrogens with zero attached hydrogens (tertiary/aromatic N) is 3. The van der Waals surface area contributed by atoms with E-state index in [-0.39, 0.29) is 29.8 Å². The predicted octanol–water partition coefficient (Wildman–Crippen LogP) is -0.0867. The molecule has 21 heavy (non-hydrogen) atoms. The molecule has 2 heterocycles. The molecular weight excluding hydrogens is 278 g/mol. The lowest BCUT2D eigenvalue weighted by Gasteiger charge is -2.34. The smallest absolute Gasteiger partial charge is 0.311 e. The van der Waals surface area contributed by atoms with E-state index < -0.39 is 11.0 Å². The van der Waals surface area contributed by atoms with Crippen molar-refractivity contribution in [2.24, 2.45) is 0 Å². The lowest BCUT2D eigenvalue weighted by molar-refractivity contribution is -0.384. The number of ether oxygens (including phenoxy) is 1.